The van der Waals surface area contributed by atoms with E-state index in [1.165, 1.54) is 0 Å². The van der Waals surface area contributed by atoms with Gasteiger partial charge in [0, 0.05) is 30.1 Å². The number of fused-ring (bicyclic) bond motifs is 2. The minimum Gasteiger partial charge on any atom is -0.454 e. The molecule has 2 heterocycles. The predicted molar refractivity (Wildman–Crippen MR) is 67.9 cm³/mol. The van der Waals surface area contributed by atoms with Crippen molar-refractivity contribution in [2.45, 2.75) is 13.0 Å². The van der Waals surface area contributed by atoms with E-state index in [1.54, 1.807) is 18.5 Å². The molecule has 3 rings (SSSR count). The van der Waals surface area contributed by atoms with E-state index in [0.29, 0.717) is 17.1 Å². The number of benzene rings is 1. The molecule has 1 atom stereocenters. The van der Waals surface area contributed by atoms with Crippen molar-refractivity contribution in [3.05, 3.63) is 34.1 Å². The van der Waals surface area contributed by atoms with Crippen LogP contribution in [-0.2, 0) is 7.05 Å². The van der Waals surface area contributed by atoms with Gasteiger partial charge in [-0.05, 0) is 19.1 Å². The molecule has 0 saturated heterocycles. The van der Waals surface area contributed by atoms with Gasteiger partial charge in [-0.3, -0.25) is 4.79 Å². The number of pyridine rings is 1. The fourth-order valence-corrected chi connectivity index (χ4v) is 2.21. The molecule has 1 aliphatic heterocycles. The van der Waals surface area contributed by atoms with Crippen LogP contribution in [0.4, 0.5) is 0 Å². The van der Waals surface area contributed by atoms with Crippen LogP contribution in [0.25, 0.3) is 10.9 Å². The number of rotatable bonds is 1. The van der Waals surface area contributed by atoms with Crippen LogP contribution in [0, 0.1) is 0 Å². The van der Waals surface area contributed by atoms with E-state index < -0.39 is 0 Å². The van der Waals surface area contributed by atoms with Crippen molar-refractivity contribution < 1.29 is 9.47 Å². The third-order valence-corrected chi connectivity index (χ3v) is 3.24. The van der Waals surface area contributed by atoms with Gasteiger partial charge in [0.25, 0.3) is 5.56 Å². The molecule has 0 saturated carbocycles. The molecule has 0 radical (unpaired) electrons. The number of ether oxygens (including phenoxy) is 2. The van der Waals surface area contributed by atoms with Crippen molar-refractivity contribution in [3.8, 4) is 11.5 Å². The molecule has 0 aliphatic carbocycles. The molecule has 94 valence electrons. The Bertz CT molecular complexity index is 689. The third-order valence-electron chi connectivity index (χ3n) is 3.24. The van der Waals surface area contributed by atoms with Crippen molar-refractivity contribution in [2.24, 2.45) is 12.8 Å². The lowest BCUT2D eigenvalue weighted by molar-refractivity contribution is 0.174. The number of aromatic nitrogens is 1. The third kappa shape index (κ3) is 1.48. The normalized spacial score (nSPS) is 15.1. The van der Waals surface area contributed by atoms with E-state index in [4.69, 9.17) is 15.2 Å². The smallest absolute Gasteiger partial charge is 0.255 e. The molecule has 0 amide bonds. The van der Waals surface area contributed by atoms with Gasteiger partial charge in [-0.2, -0.15) is 0 Å². The van der Waals surface area contributed by atoms with Crippen LogP contribution in [0.1, 0.15) is 18.5 Å². The average molecular weight is 246 g/mol. The minimum absolute atomic E-state index is 0.0728. The first-order valence-electron chi connectivity index (χ1n) is 5.77. The largest absolute Gasteiger partial charge is 0.454 e. The lowest BCUT2D eigenvalue weighted by Gasteiger charge is -2.11. The first-order valence-corrected chi connectivity index (χ1v) is 5.77. The monoisotopic (exact) mass is 246 g/mol. The van der Waals surface area contributed by atoms with Crippen molar-refractivity contribution in [1.82, 2.24) is 4.57 Å². The summed E-state index contributed by atoms with van der Waals surface area (Å²) < 4.78 is 12.2. The number of nitrogens with two attached hydrogens (primary N) is 1. The van der Waals surface area contributed by atoms with Crippen LogP contribution < -0.4 is 20.8 Å². The summed E-state index contributed by atoms with van der Waals surface area (Å²) in [6, 6.07) is 5.23. The topological polar surface area (TPSA) is 66.5 Å². The molecule has 5 nitrogen and oxygen atoms in total. The van der Waals surface area contributed by atoms with Gasteiger partial charge in [-0.1, -0.05) is 0 Å². The van der Waals surface area contributed by atoms with Crippen LogP contribution in [0.2, 0.25) is 0 Å². The maximum absolute atomic E-state index is 12.1. The molecule has 1 aliphatic rings. The van der Waals surface area contributed by atoms with E-state index in [0.717, 1.165) is 10.9 Å². The van der Waals surface area contributed by atoms with Crippen molar-refractivity contribution in [1.29, 1.82) is 0 Å². The summed E-state index contributed by atoms with van der Waals surface area (Å²) in [6.07, 6.45) is 0. The van der Waals surface area contributed by atoms with Gasteiger partial charge in [0.15, 0.2) is 11.5 Å². The van der Waals surface area contributed by atoms with Gasteiger partial charge in [0.1, 0.15) is 0 Å². The lowest BCUT2D eigenvalue weighted by Crippen LogP contribution is -2.25. The van der Waals surface area contributed by atoms with E-state index >= 15 is 0 Å². The van der Waals surface area contributed by atoms with Crippen LogP contribution in [0.5, 0.6) is 11.5 Å². The molecular formula is C13H14N2O3. The zero-order chi connectivity index (χ0) is 12.9. The number of hydrogen-bond donors (Lipinski definition) is 1. The van der Waals surface area contributed by atoms with Crippen LogP contribution in [0.3, 0.4) is 0 Å². The molecule has 18 heavy (non-hydrogen) atoms. The van der Waals surface area contributed by atoms with Crippen molar-refractivity contribution in [2.75, 3.05) is 6.79 Å². The maximum Gasteiger partial charge on any atom is 0.255 e. The average Bonchev–Trinajstić information content (AvgIpc) is 2.78. The quantitative estimate of drug-likeness (QED) is 0.823. The Morgan fingerprint density at radius 3 is 2.61 bits per heavy atom. The summed E-state index contributed by atoms with van der Waals surface area (Å²) in [4.78, 5) is 12.1. The van der Waals surface area contributed by atoms with Crippen LogP contribution in [0.15, 0.2) is 23.0 Å². The Hall–Kier alpha value is -2.01. The maximum atomic E-state index is 12.1. The van der Waals surface area contributed by atoms with Gasteiger partial charge in [-0.15, -0.1) is 0 Å². The molecule has 1 aromatic carbocycles. The van der Waals surface area contributed by atoms with E-state index in [9.17, 15) is 4.79 Å². The molecule has 0 fully saturated rings. The fourth-order valence-electron chi connectivity index (χ4n) is 2.21. The summed E-state index contributed by atoms with van der Waals surface area (Å²) >= 11 is 0. The summed E-state index contributed by atoms with van der Waals surface area (Å²) in [5.41, 5.74) is 7.16. The molecule has 2 N–H and O–H groups in total. The van der Waals surface area contributed by atoms with Crippen molar-refractivity contribution >= 4 is 10.9 Å². The highest BCUT2D eigenvalue weighted by molar-refractivity contribution is 5.84. The Balaban J connectivity index is 2.37. The van der Waals surface area contributed by atoms with Gasteiger partial charge in [-0.25, -0.2) is 0 Å². The second-order valence-electron chi connectivity index (χ2n) is 4.52. The van der Waals surface area contributed by atoms with Gasteiger partial charge >= 0.3 is 0 Å². The van der Waals surface area contributed by atoms with Crippen LogP contribution in [-0.4, -0.2) is 11.4 Å². The Labute approximate surface area is 104 Å². The molecule has 0 spiro atoms. The first kappa shape index (κ1) is 11.1. The highest BCUT2D eigenvalue weighted by atomic mass is 16.7. The van der Waals surface area contributed by atoms with Gasteiger partial charge in [0.05, 0.1) is 5.52 Å². The molecule has 5 heteroatoms. The van der Waals surface area contributed by atoms with E-state index in [-0.39, 0.29) is 18.4 Å². The lowest BCUT2D eigenvalue weighted by atomic mass is 10.1. The number of aryl methyl sites for hydroxylation is 1. The summed E-state index contributed by atoms with van der Waals surface area (Å²) in [5.74, 6) is 1.38. The highest BCUT2D eigenvalue weighted by Crippen LogP contribution is 2.35. The Morgan fingerprint density at radius 2 is 1.94 bits per heavy atom. The SMILES string of the molecule is CC(N)c1cc2cc3c(cc2n(C)c1=O)OCO3. The van der Waals surface area contributed by atoms with E-state index in [1.807, 2.05) is 18.2 Å². The van der Waals surface area contributed by atoms with Crippen molar-refractivity contribution in [3.63, 3.8) is 0 Å². The summed E-state index contributed by atoms with van der Waals surface area (Å²) in [7, 11) is 1.73. The Morgan fingerprint density at radius 1 is 1.28 bits per heavy atom. The first-order chi connectivity index (χ1) is 8.58. The zero-order valence-corrected chi connectivity index (χ0v) is 10.3. The minimum atomic E-state index is -0.293. The molecule has 2 aromatic rings. The van der Waals surface area contributed by atoms with Crippen LogP contribution >= 0.6 is 0 Å². The molecule has 1 unspecified atom stereocenters. The number of hydrogen-bond acceptors (Lipinski definition) is 4. The summed E-state index contributed by atoms with van der Waals surface area (Å²) in [6.45, 7) is 2.02. The molecular weight excluding hydrogens is 232 g/mol. The highest BCUT2D eigenvalue weighted by Gasteiger charge is 2.17. The van der Waals surface area contributed by atoms with Gasteiger partial charge < -0.3 is 19.8 Å². The standard InChI is InChI=1S/C13H14N2O3/c1-7(14)9-3-8-4-11-12(18-6-17-11)5-10(8)15(2)13(9)16/h3-5,7H,6,14H2,1-2H3. The zero-order valence-electron chi connectivity index (χ0n) is 10.3. The Kier molecular flexibility index (Phi) is 2.31. The fraction of sp³-hybridized carbons (Fsp3) is 0.308. The second-order valence-corrected chi connectivity index (χ2v) is 4.52. The molecule has 0 bridgehead atoms. The molecule has 1 aromatic heterocycles. The summed E-state index contributed by atoms with van der Waals surface area (Å²) in [5, 5.41) is 0.925. The predicted octanol–water partition coefficient (Wildman–Crippen LogP) is 1.29. The number of nitrogens with zero attached hydrogens (tertiary/aromatic N) is 1. The van der Waals surface area contributed by atoms with E-state index in [2.05, 4.69) is 0 Å². The van der Waals surface area contributed by atoms with Gasteiger partial charge in [0.2, 0.25) is 6.79 Å². The second kappa shape index (κ2) is 3.74.